The van der Waals surface area contributed by atoms with Crippen LogP contribution in [0.3, 0.4) is 0 Å². The lowest BCUT2D eigenvalue weighted by atomic mass is 9.84. The van der Waals surface area contributed by atoms with Crippen molar-refractivity contribution in [3.8, 4) is 0 Å². The van der Waals surface area contributed by atoms with Gasteiger partial charge in [-0.1, -0.05) is 40.0 Å². The first-order valence-corrected chi connectivity index (χ1v) is 6.29. The van der Waals surface area contributed by atoms with Crippen LogP contribution in [0.5, 0.6) is 0 Å². The van der Waals surface area contributed by atoms with Crippen molar-refractivity contribution in [1.29, 1.82) is 0 Å². The summed E-state index contributed by atoms with van der Waals surface area (Å²) in [6, 6.07) is 0.360. The van der Waals surface area contributed by atoms with Crippen LogP contribution >= 0.6 is 0 Å². The maximum Gasteiger partial charge on any atom is 0.282 e. The zero-order chi connectivity index (χ0) is 12.2. The van der Waals surface area contributed by atoms with Crippen LogP contribution in [0, 0.1) is 5.41 Å². The molecule has 16 heavy (non-hydrogen) atoms. The van der Waals surface area contributed by atoms with Crippen molar-refractivity contribution in [3.63, 3.8) is 0 Å². The Morgan fingerprint density at radius 3 is 2.31 bits per heavy atom. The highest BCUT2D eigenvalue weighted by atomic mass is 16.5. The fourth-order valence-corrected chi connectivity index (χ4v) is 2.01. The Morgan fingerprint density at radius 1 is 1.25 bits per heavy atom. The molecule has 0 unspecified atom stereocenters. The van der Waals surface area contributed by atoms with Gasteiger partial charge in [-0.05, 0) is 25.2 Å². The normalized spacial score (nSPS) is 21.9. The summed E-state index contributed by atoms with van der Waals surface area (Å²) in [6.07, 6.45) is 6.10. The molecule has 0 bridgehead atoms. The molecule has 1 saturated carbocycles. The Labute approximate surface area is 99.5 Å². The van der Waals surface area contributed by atoms with Gasteiger partial charge in [-0.15, -0.1) is 0 Å². The highest BCUT2D eigenvalue weighted by Gasteiger charge is 2.26. The summed E-state index contributed by atoms with van der Waals surface area (Å²) in [6.45, 7) is 9.19. The van der Waals surface area contributed by atoms with Crippen LogP contribution in [-0.4, -0.2) is 18.2 Å². The topological polar surface area (TPSA) is 47.6 Å². The van der Waals surface area contributed by atoms with Gasteiger partial charge in [0.15, 0.2) is 0 Å². The molecule has 0 amide bonds. The van der Waals surface area contributed by atoms with E-state index >= 15 is 0 Å². The minimum absolute atomic E-state index is 0.0141. The standard InChI is InChI=1S/C13H26N2O/c1-12(2,3)10-16-11(14)15-13(4)8-6-5-7-9-13/h5-10H2,1-4H3,(H2,14,15). The number of ether oxygens (including phenoxy) is 1. The van der Waals surface area contributed by atoms with Gasteiger partial charge in [0.25, 0.3) is 6.02 Å². The molecular weight excluding hydrogens is 200 g/mol. The zero-order valence-corrected chi connectivity index (χ0v) is 11.2. The molecule has 1 aliphatic carbocycles. The van der Waals surface area contributed by atoms with Gasteiger partial charge in [0.05, 0.1) is 12.1 Å². The largest absolute Gasteiger partial charge is 0.465 e. The number of aliphatic imine (C=N–C) groups is 1. The van der Waals surface area contributed by atoms with Crippen LogP contribution in [0.1, 0.15) is 59.8 Å². The second kappa shape index (κ2) is 5.07. The predicted molar refractivity (Wildman–Crippen MR) is 68.5 cm³/mol. The lowest BCUT2D eigenvalue weighted by Crippen LogP contribution is -2.31. The van der Waals surface area contributed by atoms with Crippen molar-refractivity contribution in [2.45, 2.75) is 65.3 Å². The van der Waals surface area contributed by atoms with E-state index in [2.05, 4.69) is 32.7 Å². The van der Waals surface area contributed by atoms with Gasteiger partial charge in [-0.3, -0.25) is 0 Å². The van der Waals surface area contributed by atoms with Crippen molar-refractivity contribution in [3.05, 3.63) is 0 Å². The Kier molecular flexibility index (Phi) is 4.22. The fourth-order valence-electron chi connectivity index (χ4n) is 2.01. The Morgan fingerprint density at radius 2 is 1.81 bits per heavy atom. The Balaban J connectivity index is 2.48. The average molecular weight is 226 g/mol. The van der Waals surface area contributed by atoms with E-state index in [0.29, 0.717) is 12.6 Å². The molecule has 94 valence electrons. The van der Waals surface area contributed by atoms with Crippen LogP contribution < -0.4 is 5.73 Å². The van der Waals surface area contributed by atoms with Crippen molar-refractivity contribution >= 4 is 6.02 Å². The van der Waals surface area contributed by atoms with Crippen molar-refractivity contribution in [1.82, 2.24) is 0 Å². The molecule has 0 saturated heterocycles. The third-order valence-corrected chi connectivity index (χ3v) is 2.96. The lowest BCUT2D eigenvalue weighted by Gasteiger charge is -2.30. The lowest BCUT2D eigenvalue weighted by molar-refractivity contribution is 0.179. The third kappa shape index (κ3) is 4.86. The van der Waals surface area contributed by atoms with Crippen molar-refractivity contribution in [2.24, 2.45) is 16.1 Å². The van der Waals surface area contributed by atoms with Gasteiger partial charge in [0.1, 0.15) is 0 Å². The number of amidine groups is 1. The van der Waals surface area contributed by atoms with E-state index in [1.54, 1.807) is 0 Å². The minimum atomic E-state index is 0.0141. The van der Waals surface area contributed by atoms with E-state index in [-0.39, 0.29) is 11.0 Å². The van der Waals surface area contributed by atoms with Gasteiger partial charge in [0, 0.05) is 0 Å². The summed E-state index contributed by atoms with van der Waals surface area (Å²) in [7, 11) is 0. The SMILES string of the molecule is CC(C)(C)COC(N)=NC1(C)CCCCC1. The first-order chi connectivity index (χ1) is 7.31. The smallest absolute Gasteiger partial charge is 0.282 e. The second-order valence-corrected chi connectivity index (χ2v) is 6.36. The van der Waals surface area contributed by atoms with Crippen LogP contribution in [0.25, 0.3) is 0 Å². The molecule has 0 radical (unpaired) electrons. The molecule has 1 rings (SSSR count). The van der Waals surface area contributed by atoms with Crippen LogP contribution in [-0.2, 0) is 4.74 Å². The van der Waals surface area contributed by atoms with Crippen molar-refractivity contribution in [2.75, 3.05) is 6.61 Å². The summed E-state index contributed by atoms with van der Waals surface area (Å²) in [5.74, 6) is 0. The first kappa shape index (κ1) is 13.3. The molecule has 1 aliphatic rings. The van der Waals surface area contributed by atoms with Gasteiger partial charge in [0.2, 0.25) is 0 Å². The summed E-state index contributed by atoms with van der Waals surface area (Å²) in [5.41, 5.74) is 5.97. The molecule has 3 heteroatoms. The van der Waals surface area contributed by atoms with Gasteiger partial charge in [-0.2, -0.15) is 0 Å². The molecule has 0 atom stereocenters. The molecule has 0 spiro atoms. The molecule has 3 nitrogen and oxygen atoms in total. The van der Waals surface area contributed by atoms with E-state index in [4.69, 9.17) is 10.5 Å². The second-order valence-electron chi connectivity index (χ2n) is 6.36. The molecular formula is C13H26N2O. The molecule has 0 aromatic heterocycles. The van der Waals surface area contributed by atoms with E-state index in [0.717, 1.165) is 12.8 Å². The summed E-state index contributed by atoms with van der Waals surface area (Å²) in [4.78, 5) is 4.54. The third-order valence-electron chi connectivity index (χ3n) is 2.96. The van der Waals surface area contributed by atoms with E-state index in [1.807, 2.05) is 0 Å². The summed E-state index contributed by atoms with van der Waals surface area (Å²) >= 11 is 0. The molecule has 0 heterocycles. The van der Waals surface area contributed by atoms with Crippen molar-refractivity contribution < 1.29 is 4.74 Å². The monoisotopic (exact) mass is 226 g/mol. The van der Waals surface area contributed by atoms with Gasteiger partial charge < -0.3 is 10.5 Å². The molecule has 2 N–H and O–H groups in total. The minimum Gasteiger partial charge on any atom is -0.465 e. The Bertz CT molecular complexity index is 247. The summed E-state index contributed by atoms with van der Waals surface area (Å²) < 4.78 is 5.50. The average Bonchev–Trinajstić information content (AvgIpc) is 2.14. The van der Waals surface area contributed by atoms with E-state index in [1.165, 1.54) is 19.3 Å². The number of rotatable bonds is 2. The quantitative estimate of drug-likeness (QED) is 0.581. The molecule has 0 aromatic rings. The highest BCUT2D eigenvalue weighted by Crippen LogP contribution is 2.31. The Hall–Kier alpha value is -0.730. The van der Waals surface area contributed by atoms with Crippen LogP contribution in [0.4, 0.5) is 0 Å². The highest BCUT2D eigenvalue weighted by molar-refractivity contribution is 5.71. The fraction of sp³-hybridized carbons (Fsp3) is 0.923. The first-order valence-electron chi connectivity index (χ1n) is 6.29. The number of nitrogens with two attached hydrogens (primary N) is 1. The van der Waals surface area contributed by atoms with Crippen LogP contribution in [0.2, 0.25) is 0 Å². The number of hydrogen-bond donors (Lipinski definition) is 1. The maximum absolute atomic E-state index is 5.82. The van der Waals surface area contributed by atoms with E-state index in [9.17, 15) is 0 Å². The van der Waals surface area contributed by atoms with Gasteiger partial charge >= 0.3 is 0 Å². The molecule has 0 aromatic carbocycles. The van der Waals surface area contributed by atoms with E-state index < -0.39 is 0 Å². The molecule has 1 fully saturated rings. The maximum atomic E-state index is 5.82. The van der Waals surface area contributed by atoms with Gasteiger partial charge in [-0.25, -0.2) is 4.99 Å². The summed E-state index contributed by atoms with van der Waals surface area (Å²) in [5, 5.41) is 0. The predicted octanol–water partition coefficient (Wildman–Crippen LogP) is 3.09. The zero-order valence-electron chi connectivity index (χ0n) is 11.2. The van der Waals surface area contributed by atoms with Crippen LogP contribution in [0.15, 0.2) is 4.99 Å². The number of hydrogen-bond acceptors (Lipinski definition) is 2. The molecule has 0 aliphatic heterocycles. The number of nitrogens with zero attached hydrogens (tertiary/aromatic N) is 1.